The van der Waals surface area contributed by atoms with Gasteiger partial charge in [-0.05, 0) is 6.42 Å². The van der Waals surface area contributed by atoms with E-state index < -0.39 is 72.1 Å². The highest BCUT2D eigenvalue weighted by Crippen LogP contribution is 2.67. The van der Waals surface area contributed by atoms with Gasteiger partial charge in [0.15, 0.2) is 6.86 Å². The lowest BCUT2D eigenvalue weighted by molar-refractivity contribution is -0.376. The van der Waals surface area contributed by atoms with E-state index in [-0.39, 0.29) is 6.92 Å². The third kappa shape index (κ3) is 6.28. The van der Waals surface area contributed by atoms with Gasteiger partial charge in [0, 0.05) is 19.3 Å². The third-order valence-corrected chi connectivity index (χ3v) is 3.87. The van der Waals surface area contributed by atoms with Gasteiger partial charge in [-0.1, -0.05) is 6.92 Å². The Balaban J connectivity index is 0. The summed E-state index contributed by atoms with van der Waals surface area (Å²) in [5.41, 5.74) is -9.92. The smallest absolute Gasteiger partial charge is 0.286 e. The van der Waals surface area contributed by atoms with Crippen molar-refractivity contribution in [2.45, 2.75) is 56.0 Å². The summed E-state index contributed by atoms with van der Waals surface area (Å²) in [5, 5.41) is 0. The van der Waals surface area contributed by atoms with Crippen molar-refractivity contribution < 1.29 is 65.3 Å². The second-order valence-corrected chi connectivity index (χ2v) is 7.20. The van der Waals surface area contributed by atoms with Crippen LogP contribution in [0.25, 0.3) is 0 Å². The molecule has 1 aliphatic rings. The zero-order valence-corrected chi connectivity index (χ0v) is 15.9. The standard InChI is InChI=1S/C11H13F9O.CH2F2.CH3FO2S/c1-3-6-4-8(15,11(19,20)21-5-12)10(17,18)9(6,16)7(2,13)14;2-1-3;1-5(2,3)4/h6H,3-5H2,1-2H3;1H2;1H3. The lowest BCUT2D eigenvalue weighted by atomic mass is 9.83. The SMILES string of the molecule is CCC1CC(F)(C(F)(F)OCF)C(F)(F)C1(F)C(C)(F)F.CS(=O)(=O)F.FCF. The van der Waals surface area contributed by atoms with E-state index in [4.69, 9.17) is 8.42 Å². The van der Waals surface area contributed by atoms with Gasteiger partial charge in [0.05, 0.1) is 6.26 Å². The Hall–Kier alpha value is -0.930. The van der Waals surface area contributed by atoms with Gasteiger partial charge in [0.25, 0.3) is 21.8 Å². The van der Waals surface area contributed by atoms with Gasteiger partial charge in [0.1, 0.15) is 0 Å². The van der Waals surface area contributed by atoms with Crippen LogP contribution in [0.1, 0.15) is 26.7 Å². The molecule has 0 radical (unpaired) electrons. The summed E-state index contributed by atoms with van der Waals surface area (Å²) in [7, 11) is -4.17. The lowest BCUT2D eigenvalue weighted by Gasteiger charge is -2.40. The van der Waals surface area contributed by atoms with Crippen LogP contribution in [0.3, 0.4) is 0 Å². The first-order valence-corrected chi connectivity index (χ1v) is 9.16. The molecule has 0 bridgehead atoms. The van der Waals surface area contributed by atoms with Gasteiger partial charge < -0.3 is 0 Å². The molecule has 0 spiro atoms. The molecule has 0 aliphatic heterocycles. The van der Waals surface area contributed by atoms with E-state index in [1.165, 1.54) is 0 Å². The van der Waals surface area contributed by atoms with Crippen LogP contribution in [-0.4, -0.2) is 57.8 Å². The molecule has 1 fully saturated rings. The van der Waals surface area contributed by atoms with E-state index in [1.807, 2.05) is 0 Å². The number of ether oxygens (including phenoxy) is 1. The molecule has 0 saturated heterocycles. The summed E-state index contributed by atoms with van der Waals surface area (Å²) in [6.07, 6.45) is -7.64. The van der Waals surface area contributed by atoms with Gasteiger partial charge in [-0.2, -0.15) is 26.0 Å². The van der Waals surface area contributed by atoms with Crippen molar-refractivity contribution in [2.24, 2.45) is 5.92 Å². The van der Waals surface area contributed by atoms with Gasteiger partial charge in [-0.3, -0.25) is 4.74 Å². The van der Waals surface area contributed by atoms with Crippen LogP contribution in [0.5, 0.6) is 0 Å². The minimum atomic E-state index is -5.78. The topological polar surface area (TPSA) is 43.4 Å². The quantitative estimate of drug-likeness (QED) is 0.386. The molecule has 3 atom stereocenters. The molecule has 0 N–H and O–H groups in total. The fourth-order valence-electron chi connectivity index (χ4n) is 2.70. The predicted molar refractivity (Wildman–Crippen MR) is 76.7 cm³/mol. The highest BCUT2D eigenvalue weighted by atomic mass is 32.3. The van der Waals surface area contributed by atoms with Crippen LogP contribution in [0.15, 0.2) is 0 Å². The van der Waals surface area contributed by atoms with Crippen molar-refractivity contribution in [3.8, 4) is 0 Å². The van der Waals surface area contributed by atoms with Crippen molar-refractivity contribution in [1.29, 1.82) is 0 Å². The molecule has 16 heteroatoms. The highest BCUT2D eigenvalue weighted by molar-refractivity contribution is 7.85. The Morgan fingerprint density at radius 3 is 1.59 bits per heavy atom. The molecule has 1 aliphatic carbocycles. The van der Waals surface area contributed by atoms with Crippen LogP contribution in [0, 0.1) is 5.92 Å². The van der Waals surface area contributed by atoms with Crippen molar-refractivity contribution in [3.63, 3.8) is 0 Å². The van der Waals surface area contributed by atoms with Gasteiger partial charge in [-0.25, -0.2) is 30.7 Å². The number of hydrogen-bond donors (Lipinski definition) is 0. The van der Waals surface area contributed by atoms with E-state index in [0.29, 0.717) is 6.26 Å². The summed E-state index contributed by atoms with van der Waals surface area (Å²) in [6.45, 7) is -3.36. The van der Waals surface area contributed by atoms with E-state index >= 15 is 0 Å². The number of rotatable bonds is 5. The summed E-state index contributed by atoms with van der Waals surface area (Å²) in [5.74, 6) is -13.0. The van der Waals surface area contributed by atoms with E-state index in [2.05, 4.69) is 4.74 Å². The molecule has 0 aromatic rings. The average molecular weight is 482 g/mol. The zero-order chi connectivity index (χ0) is 24.1. The Kier molecular flexibility index (Phi) is 10.4. The minimum absolute atomic E-state index is 0.247. The van der Waals surface area contributed by atoms with Crippen LogP contribution in [0.2, 0.25) is 0 Å². The Morgan fingerprint density at radius 1 is 1.03 bits per heavy atom. The summed E-state index contributed by atoms with van der Waals surface area (Å²) < 4.78 is 172. The second-order valence-electron chi connectivity index (χ2n) is 5.84. The van der Waals surface area contributed by atoms with Crippen LogP contribution >= 0.6 is 0 Å². The Labute approximate surface area is 158 Å². The lowest BCUT2D eigenvalue weighted by Crippen LogP contribution is -2.65. The van der Waals surface area contributed by atoms with E-state index in [9.17, 15) is 52.2 Å². The van der Waals surface area contributed by atoms with Crippen LogP contribution in [0.4, 0.5) is 52.2 Å². The second kappa shape index (κ2) is 9.92. The molecule has 178 valence electrons. The number of hydrogen-bond acceptors (Lipinski definition) is 3. The number of halogens is 12. The summed E-state index contributed by atoms with van der Waals surface area (Å²) >= 11 is 0. The molecule has 0 amide bonds. The molecule has 1 rings (SSSR count). The van der Waals surface area contributed by atoms with Crippen molar-refractivity contribution in [2.75, 3.05) is 20.0 Å². The average Bonchev–Trinajstić information content (AvgIpc) is 2.65. The maximum Gasteiger partial charge on any atom is 0.398 e. The molecule has 0 heterocycles. The minimum Gasteiger partial charge on any atom is -0.286 e. The zero-order valence-electron chi connectivity index (χ0n) is 15.1. The Bertz CT molecular complexity index is 601. The molecule has 3 unspecified atom stereocenters. The molecule has 1 saturated carbocycles. The Morgan fingerprint density at radius 2 is 1.38 bits per heavy atom. The van der Waals surface area contributed by atoms with Crippen LogP contribution < -0.4 is 0 Å². The van der Waals surface area contributed by atoms with Gasteiger partial charge >= 0.3 is 12.0 Å². The molecule has 0 aromatic carbocycles. The largest absolute Gasteiger partial charge is 0.398 e. The molecule has 29 heavy (non-hydrogen) atoms. The van der Waals surface area contributed by atoms with Crippen molar-refractivity contribution >= 4 is 10.2 Å². The fraction of sp³-hybridized carbons (Fsp3) is 1.00. The normalized spacial score (nSPS) is 29.4. The first-order chi connectivity index (χ1) is 12.6. The molecular formula is C13H18F12O3S. The molecular weight excluding hydrogens is 464 g/mol. The maximum absolute atomic E-state index is 14.3. The summed E-state index contributed by atoms with van der Waals surface area (Å²) in [6, 6.07) is 0. The summed E-state index contributed by atoms with van der Waals surface area (Å²) in [4.78, 5) is 0. The van der Waals surface area contributed by atoms with Crippen molar-refractivity contribution in [3.05, 3.63) is 0 Å². The first-order valence-electron chi connectivity index (χ1n) is 7.37. The third-order valence-electron chi connectivity index (χ3n) is 3.87. The number of alkyl halides is 11. The highest BCUT2D eigenvalue weighted by Gasteiger charge is 2.89. The van der Waals surface area contributed by atoms with E-state index in [1.54, 1.807) is 0 Å². The molecule has 0 aromatic heterocycles. The van der Waals surface area contributed by atoms with Crippen molar-refractivity contribution in [1.82, 2.24) is 0 Å². The predicted octanol–water partition coefficient (Wildman–Crippen LogP) is 5.46. The fourth-order valence-corrected chi connectivity index (χ4v) is 2.70. The van der Waals surface area contributed by atoms with Crippen LogP contribution in [-0.2, 0) is 15.0 Å². The van der Waals surface area contributed by atoms with Gasteiger partial charge in [-0.15, -0.1) is 3.89 Å². The first kappa shape index (κ1) is 30.3. The van der Waals surface area contributed by atoms with E-state index in [0.717, 1.165) is 6.92 Å². The molecule has 3 nitrogen and oxygen atoms in total. The maximum atomic E-state index is 14.3. The monoisotopic (exact) mass is 482 g/mol. The van der Waals surface area contributed by atoms with Gasteiger partial charge in [0.2, 0.25) is 12.6 Å².